The zero-order valence-electron chi connectivity index (χ0n) is 12.8. The van der Waals surface area contributed by atoms with Crippen LogP contribution in [0.2, 0.25) is 0 Å². The lowest BCUT2D eigenvalue weighted by Crippen LogP contribution is -2.31. The molecule has 1 aliphatic rings. The molecule has 2 N–H and O–H groups in total. The van der Waals surface area contributed by atoms with E-state index in [1.54, 1.807) is 12.4 Å². The highest BCUT2D eigenvalue weighted by Gasteiger charge is 2.27. The fourth-order valence-electron chi connectivity index (χ4n) is 2.67. The number of nitrogens with one attached hydrogen (secondary N) is 2. The molecule has 8 heteroatoms. The minimum absolute atomic E-state index is 0.235. The minimum Gasteiger partial charge on any atom is -0.447 e. The van der Waals surface area contributed by atoms with Crippen molar-refractivity contribution < 1.29 is 9.21 Å². The summed E-state index contributed by atoms with van der Waals surface area (Å²) in [5, 5.41) is 6.18. The summed E-state index contributed by atoms with van der Waals surface area (Å²) < 4.78 is 6.29. The number of halogens is 1. The van der Waals surface area contributed by atoms with Crippen LogP contribution in [0.1, 0.15) is 53.8 Å². The number of oxazole rings is 1. The largest absolute Gasteiger partial charge is 0.447 e. The molecule has 1 atom stereocenters. The van der Waals surface area contributed by atoms with Crippen molar-refractivity contribution in [2.45, 2.75) is 31.7 Å². The second kappa shape index (κ2) is 7.18. The smallest absolute Gasteiger partial charge is 0.274 e. The highest BCUT2D eigenvalue weighted by molar-refractivity contribution is 9.10. The van der Waals surface area contributed by atoms with E-state index in [0.717, 1.165) is 30.4 Å². The second-order valence-corrected chi connectivity index (χ2v) is 6.46. The van der Waals surface area contributed by atoms with Gasteiger partial charge in [-0.15, -0.1) is 0 Å². The summed E-state index contributed by atoms with van der Waals surface area (Å²) in [6.45, 7) is 3.69. The van der Waals surface area contributed by atoms with Gasteiger partial charge in [0.1, 0.15) is 11.6 Å². The van der Waals surface area contributed by atoms with Crippen LogP contribution in [0.4, 0.5) is 0 Å². The summed E-state index contributed by atoms with van der Waals surface area (Å²) in [7, 11) is 0. The summed E-state index contributed by atoms with van der Waals surface area (Å²) in [5.74, 6) is 1.20. The zero-order chi connectivity index (χ0) is 16.2. The van der Waals surface area contributed by atoms with Gasteiger partial charge in [-0.3, -0.25) is 4.79 Å². The van der Waals surface area contributed by atoms with Gasteiger partial charge in [0.15, 0.2) is 12.1 Å². The van der Waals surface area contributed by atoms with Gasteiger partial charge < -0.3 is 15.1 Å². The van der Waals surface area contributed by atoms with Crippen LogP contribution in [0.3, 0.4) is 0 Å². The van der Waals surface area contributed by atoms with Gasteiger partial charge in [0, 0.05) is 18.3 Å². The molecule has 0 aromatic carbocycles. The van der Waals surface area contributed by atoms with E-state index in [-0.39, 0.29) is 17.9 Å². The van der Waals surface area contributed by atoms with Crippen molar-refractivity contribution >= 4 is 21.8 Å². The van der Waals surface area contributed by atoms with Crippen LogP contribution in [0.25, 0.3) is 0 Å². The Kier molecular flexibility index (Phi) is 5.02. The third-order valence-corrected chi connectivity index (χ3v) is 4.30. The first-order valence-electron chi connectivity index (χ1n) is 7.57. The van der Waals surface area contributed by atoms with E-state index in [9.17, 15) is 4.79 Å². The Morgan fingerprint density at radius 3 is 2.74 bits per heavy atom. The number of rotatable bonds is 4. The van der Waals surface area contributed by atoms with E-state index in [1.807, 2.05) is 6.92 Å². The molecule has 0 unspecified atom stereocenters. The third kappa shape index (κ3) is 3.76. The van der Waals surface area contributed by atoms with Crippen LogP contribution in [0.5, 0.6) is 0 Å². The first-order valence-corrected chi connectivity index (χ1v) is 8.37. The molecule has 1 amide bonds. The molecule has 0 bridgehead atoms. The molecule has 0 aliphatic carbocycles. The SMILES string of the molecule is C[C@@H](NC(=O)c1ncoc1C1CCNCC1)c1ncc(Br)cn1. The summed E-state index contributed by atoms with van der Waals surface area (Å²) >= 11 is 3.29. The molecule has 3 rings (SSSR count). The zero-order valence-corrected chi connectivity index (χ0v) is 14.3. The monoisotopic (exact) mass is 379 g/mol. The highest BCUT2D eigenvalue weighted by Crippen LogP contribution is 2.27. The van der Waals surface area contributed by atoms with Gasteiger partial charge in [-0.2, -0.15) is 0 Å². The molecule has 0 spiro atoms. The lowest BCUT2D eigenvalue weighted by atomic mass is 9.94. The number of carbonyl (C=O) groups is 1. The van der Waals surface area contributed by atoms with Crippen molar-refractivity contribution in [3.8, 4) is 0 Å². The number of piperidine rings is 1. The Morgan fingerprint density at radius 2 is 2.04 bits per heavy atom. The predicted molar refractivity (Wildman–Crippen MR) is 87.0 cm³/mol. The van der Waals surface area contributed by atoms with Crippen molar-refractivity contribution in [3.63, 3.8) is 0 Å². The molecule has 122 valence electrons. The maximum atomic E-state index is 12.5. The van der Waals surface area contributed by atoms with E-state index in [0.29, 0.717) is 17.3 Å². The maximum Gasteiger partial charge on any atom is 0.274 e. The predicted octanol–water partition coefficient (Wildman–Crippen LogP) is 2.19. The average Bonchev–Trinajstić information content (AvgIpc) is 3.06. The van der Waals surface area contributed by atoms with Crippen LogP contribution in [0.15, 0.2) is 27.7 Å². The molecule has 1 saturated heterocycles. The van der Waals surface area contributed by atoms with Crippen LogP contribution in [0, 0.1) is 0 Å². The van der Waals surface area contributed by atoms with E-state index < -0.39 is 0 Å². The fourth-order valence-corrected chi connectivity index (χ4v) is 2.88. The number of carbonyl (C=O) groups excluding carboxylic acids is 1. The molecule has 7 nitrogen and oxygen atoms in total. The van der Waals surface area contributed by atoms with E-state index >= 15 is 0 Å². The van der Waals surface area contributed by atoms with Gasteiger partial charge in [0.05, 0.1) is 10.5 Å². The molecule has 1 aliphatic heterocycles. The van der Waals surface area contributed by atoms with Crippen LogP contribution in [-0.4, -0.2) is 33.9 Å². The Labute approximate surface area is 142 Å². The summed E-state index contributed by atoms with van der Waals surface area (Å²) in [4.78, 5) is 25.0. The molecule has 23 heavy (non-hydrogen) atoms. The van der Waals surface area contributed by atoms with Gasteiger partial charge in [0.25, 0.3) is 5.91 Å². The third-order valence-electron chi connectivity index (χ3n) is 3.90. The van der Waals surface area contributed by atoms with Gasteiger partial charge in [-0.1, -0.05) is 0 Å². The molecule has 0 saturated carbocycles. The molecule has 2 aromatic heterocycles. The standard InChI is InChI=1S/C15H18BrN5O2/c1-9(14-18-6-11(16)7-19-14)21-15(22)12-13(23-8-20-12)10-2-4-17-5-3-10/h6-10,17H,2-5H2,1H3,(H,21,22)/t9-/m1/s1. The Hall–Kier alpha value is -1.80. The molecule has 2 aromatic rings. The van der Waals surface area contributed by atoms with E-state index in [4.69, 9.17) is 4.42 Å². The van der Waals surface area contributed by atoms with Crippen molar-refractivity contribution in [3.05, 3.63) is 40.5 Å². The van der Waals surface area contributed by atoms with Crippen LogP contribution >= 0.6 is 15.9 Å². The number of hydrogen-bond acceptors (Lipinski definition) is 6. The Balaban J connectivity index is 1.71. The van der Waals surface area contributed by atoms with E-state index in [1.165, 1.54) is 6.39 Å². The van der Waals surface area contributed by atoms with Crippen molar-refractivity contribution in [1.82, 2.24) is 25.6 Å². The normalized spacial score (nSPS) is 17.0. The summed E-state index contributed by atoms with van der Waals surface area (Å²) in [6.07, 6.45) is 6.54. The highest BCUT2D eigenvalue weighted by atomic mass is 79.9. The number of aromatic nitrogens is 3. The first kappa shape index (κ1) is 16.1. The van der Waals surface area contributed by atoms with Crippen molar-refractivity contribution in [2.24, 2.45) is 0 Å². The molecule has 1 fully saturated rings. The lowest BCUT2D eigenvalue weighted by Gasteiger charge is -2.21. The van der Waals surface area contributed by atoms with Crippen molar-refractivity contribution in [1.29, 1.82) is 0 Å². The lowest BCUT2D eigenvalue weighted by molar-refractivity contribution is 0.0930. The Morgan fingerprint density at radius 1 is 1.35 bits per heavy atom. The topological polar surface area (TPSA) is 92.9 Å². The Bertz CT molecular complexity index is 667. The first-order chi connectivity index (χ1) is 11.1. The van der Waals surface area contributed by atoms with Gasteiger partial charge in [-0.05, 0) is 48.8 Å². The molecule has 0 radical (unpaired) electrons. The molecular weight excluding hydrogens is 362 g/mol. The molecular formula is C15H18BrN5O2. The number of hydrogen-bond donors (Lipinski definition) is 2. The van der Waals surface area contributed by atoms with Crippen LogP contribution in [-0.2, 0) is 0 Å². The fraction of sp³-hybridized carbons (Fsp3) is 0.467. The summed E-state index contributed by atoms with van der Waals surface area (Å²) in [6, 6.07) is -0.312. The quantitative estimate of drug-likeness (QED) is 0.845. The van der Waals surface area contributed by atoms with Gasteiger partial charge in [0.2, 0.25) is 0 Å². The van der Waals surface area contributed by atoms with Crippen LogP contribution < -0.4 is 10.6 Å². The maximum absolute atomic E-state index is 12.5. The number of amides is 1. The minimum atomic E-state index is -0.312. The van der Waals surface area contributed by atoms with E-state index in [2.05, 4.69) is 41.5 Å². The van der Waals surface area contributed by atoms with Gasteiger partial charge in [-0.25, -0.2) is 15.0 Å². The average molecular weight is 380 g/mol. The van der Waals surface area contributed by atoms with Crippen molar-refractivity contribution in [2.75, 3.05) is 13.1 Å². The number of nitrogens with zero attached hydrogens (tertiary/aromatic N) is 3. The summed E-state index contributed by atoms with van der Waals surface area (Å²) in [5.41, 5.74) is 0.362. The van der Waals surface area contributed by atoms with Gasteiger partial charge >= 0.3 is 0 Å². The second-order valence-electron chi connectivity index (χ2n) is 5.54. The molecule has 3 heterocycles.